The molecule has 320 valence electrons. The summed E-state index contributed by atoms with van der Waals surface area (Å²) in [4.78, 5) is 48.9. The van der Waals surface area contributed by atoms with E-state index in [0.29, 0.717) is 38.8 Å². The number of hydrazone groups is 1. The highest BCUT2D eigenvalue weighted by Gasteiger charge is 2.63. The van der Waals surface area contributed by atoms with Gasteiger partial charge in [0.2, 0.25) is 0 Å². The van der Waals surface area contributed by atoms with Gasteiger partial charge in [-0.15, -0.1) is 0 Å². The number of cyclic esters (lactones) is 1. The number of rotatable bonds is 10. The minimum absolute atomic E-state index is 0.227. The van der Waals surface area contributed by atoms with Crippen LogP contribution < -0.4 is 0 Å². The topological polar surface area (TPSA) is 157 Å². The molecule has 0 radical (unpaired) electrons. The largest absolute Gasteiger partial charge is 0.457 e. The number of aliphatic hydroxyl groups excluding tert-OH is 1. The van der Waals surface area contributed by atoms with Gasteiger partial charge in [-0.25, -0.2) is 9.78 Å². The van der Waals surface area contributed by atoms with Crippen LogP contribution in [0.3, 0.4) is 0 Å². The second kappa shape index (κ2) is 17.4. The van der Waals surface area contributed by atoms with Gasteiger partial charge in [0, 0.05) is 49.0 Å². The summed E-state index contributed by atoms with van der Waals surface area (Å²) in [6, 6.07) is 9.15. The van der Waals surface area contributed by atoms with Crippen LogP contribution in [0, 0.1) is 23.7 Å². The Labute approximate surface area is 342 Å². The number of hydrogen-bond acceptors (Lipinski definition) is 13. The normalized spacial score (nSPS) is 37.4. The number of methoxy groups -OCH3 is 1. The molecule has 3 saturated heterocycles. The van der Waals surface area contributed by atoms with Crippen molar-refractivity contribution < 1.29 is 43.2 Å². The van der Waals surface area contributed by atoms with Crippen molar-refractivity contribution in [2.75, 3.05) is 27.7 Å². The predicted molar refractivity (Wildman–Crippen MR) is 216 cm³/mol. The molecule has 1 aromatic carbocycles. The number of Topliss-reactive ketones (excluding diaryl/α,β-unsaturated/α-hetero) is 1. The van der Waals surface area contributed by atoms with Crippen LogP contribution in [0.15, 0.2) is 48.0 Å². The fourth-order valence-corrected chi connectivity index (χ4v) is 9.75. The van der Waals surface area contributed by atoms with Crippen LogP contribution in [-0.4, -0.2) is 135 Å². The molecule has 5 heterocycles. The van der Waals surface area contributed by atoms with E-state index < -0.39 is 71.5 Å². The predicted octanol–water partition coefficient (Wildman–Crippen LogP) is 5.16. The van der Waals surface area contributed by atoms with Crippen LogP contribution in [0.4, 0.5) is 4.79 Å². The standard InChI is InChI=1S/C43H64N6O9/c1-12-33-43(8)37-27(4)34(45-48(49(37)41(53)58-43)20-16-19-47-23-31(44-24-47)30-17-14-13-15-18-30)25(2)22-42(7,54-11)38(28(5)35(50)29(6)39(52)56-33)57-40-36(51)32(46(9)10)21-26(3)55-40/h13-15,17-18,23-29,32-33,36-38,40,51H,12,16,19-22H2,1-11H3/t25-,26+,27-,28-,29+,32-,33-,36+,37-,38+,40-,42?,43-/m1/s1. The van der Waals surface area contributed by atoms with Gasteiger partial charge in [-0.1, -0.05) is 58.0 Å². The number of hydrogen-bond donors (Lipinski definition) is 1. The molecule has 1 aromatic heterocycles. The number of ether oxygens (including phenoxy) is 5. The van der Waals surface area contributed by atoms with Gasteiger partial charge in [0.1, 0.15) is 24.2 Å². The maximum atomic E-state index is 14.4. The van der Waals surface area contributed by atoms with E-state index in [-0.39, 0.29) is 24.0 Å². The number of fused-ring (bicyclic) bond motifs is 1. The van der Waals surface area contributed by atoms with Crippen molar-refractivity contribution in [3.63, 3.8) is 0 Å². The maximum absolute atomic E-state index is 14.4. The zero-order valence-electron chi connectivity index (χ0n) is 36.0. The van der Waals surface area contributed by atoms with E-state index in [4.69, 9.17) is 28.8 Å². The number of likely N-dealkylation sites (N-methyl/N-ethyl adjacent to an activating group) is 1. The molecule has 2 bridgehead atoms. The Morgan fingerprint density at radius 1 is 1.02 bits per heavy atom. The Balaban J connectivity index is 1.37. The number of aryl methyl sites for hydroxylation is 1. The summed E-state index contributed by atoms with van der Waals surface area (Å²) < 4.78 is 33.8. The van der Waals surface area contributed by atoms with Gasteiger partial charge in [-0.2, -0.15) is 15.2 Å². The van der Waals surface area contributed by atoms with Crippen molar-refractivity contribution in [1.29, 1.82) is 0 Å². The summed E-state index contributed by atoms with van der Waals surface area (Å²) in [6.45, 7) is 15.9. The first kappa shape index (κ1) is 43.7. The van der Waals surface area contributed by atoms with Crippen molar-refractivity contribution in [2.24, 2.45) is 28.8 Å². The minimum atomic E-state index is -1.27. The third-order valence-electron chi connectivity index (χ3n) is 13.0. The van der Waals surface area contributed by atoms with E-state index in [9.17, 15) is 19.5 Å². The SMILES string of the molecule is CC[C@H]1OC(=O)[C@@H](C)C(=O)[C@@H](C)[C@H](O[C@H]2O[C@@H](C)C[C@@H](N(C)C)[C@@H]2O)C(C)(OC)C[C@@H](C)C2=NN(CCCn3cnc(-c4ccccc4)c3)N3C(=O)O[C@@]1(C)[C@H]3[C@@H]2C. The summed E-state index contributed by atoms with van der Waals surface area (Å²) in [5.41, 5.74) is 0.305. The number of imidazole rings is 1. The Hall–Kier alpha value is -3.89. The molecule has 3 fully saturated rings. The van der Waals surface area contributed by atoms with Crippen LogP contribution in [0.2, 0.25) is 0 Å². The highest BCUT2D eigenvalue weighted by molar-refractivity contribution is 6.00. The van der Waals surface area contributed by atoms with Gasteiger partial charge in [-0.05, 0) is 73.4 Å². The summed E-state index contributed by atoms with van der Waals surface area (Å²) in [7, 11) is 5.38. The van der Waals surface area contributed by atoms with E-state index in [1.54, 1.807) is 30.5 Å². The number of amides is 1. The van der Waals surface area contributed by atoms with Crippen LogP contribution in [0.25, 0.3) is 11.3 Å². The van der Waals surface area contributed by atoms with Gasteiger partial charge in [-0.3, -0.25) is 9.59 Å². The number of carbonyl (C=O) groups is 3. The highest BCUT2D eigenvalue weighted by atomic mass is 16.7. The molecule has 15 nitrogen and oxygen atoms in total. The Bertz CT molecular complexity index is 1810. The lowest BCUT2D eigenvalue weighted by Gasteiger charge is -2.49. The van der Waals surface area contributed by atoms with Crippen LogP contribution in [-0.2, 0) is 39.8 Å². The lowest BCUT2D eigenvalue weighted by molar-refractivity contribution is -0.295. The number of benzene rings is 1. The summed E-state index contributed by atoms with van der Waals surface area (Å²) in [5, 5.41) is 20.0. The first-order valence-electron chi connectivity index (χ1n) is 20.8. The smallest absolute Gasteiger partial charge is 0.431 e. The van der Waals surface area contributed by atoms with Crippen molar-refractivity contribution in [2.45, 2.75) is 142 Å². The number of nitrogens with zero attached hydrogens (tertiary/aromatic N) is 6. The highest BCUT2D eigenvalue weighted by Crippen LogP contribution is 2.46. The molecule has 4 aliphatic heterocycles. The van der Waals surface area contributed by atoms with E-state index in [0.717, 1.165) is 17.0 Å². The molecule has 1 amide bonds. The molecule has 13 atom stereocenters. The first-order valence-corrected chi connectivity index (χ1v) is 20.8. The van der Waals surface area contributed by atoms with Gasteiger partial charge >= 0.3 is 12.1 Å². The third kappa shape index (κ3) is 8.29. The van der Waals surface area contributed by atoms with Gasteiger partial charge in [0.15, 0.2) is 17.7 Å². The average molecular weight is 809 g/mol. The zero-order chi connectivity index (χ0) is 42.3. The molecular formula is C43H64N6O9. The lowest BCUT2D eigenvalue weighted by atomic mass is 9.73. The molecule has 1 unspecified atom stereocenters. The van der Waals surface area contributed by atoms with Gasteiger partial charge in [0.05, 0.1) is 36.4 Å². The fraction of sp³-hybridized carbons (Fsp3) is 0.698. The first-order chi connectivity index (χ1) is 27.4. The second-order valence-corrected chi connectivity index (χ2v) is 17.5. The fourth-order valence-electron chi connectivity index (χ4n) is 9.75. The van der Waals surface area contributed by atoms with E-state index >= 15 is 0 Å². The van der Waals surface area contributed by atoms with Gasteiger partial charge in [0.25, 0.3) is 0 Å². The molecule has 2 aromatic rings. The van der Waals surface area contributed by atoms with Crippen molar-refractivity contribution in [1.82, 2.24) is 24.6 Å². The summed E-state index contributed by atoms with van der Waals surface area (Å²) in [6.07, 6.45) is 1.03. The van der Waals surface area contributed by atoms with E-state index in [2.05, 4.69) is 11.9 Å². The average Bonchev–Trinajstić information content (AvgIpc) is 3.78. The molecule has 1 N–H and O–H groups in total. The number of carbonyl (C=O) groups excluding carboxylic acids is 3. The second-order valence-electron chi connectivity index (χ2n) is 17.5. The van der Waals surface area contributed by atoms with Gasteiger partial charge < -0.3 is 38.3 Å². The number of ketones is 1. The van der Waals surface area contributed by atoms with Crippen molar-refractivity contribution >= 4 is 23.6 Å². The van der Waals surface area contributed by atoms with E-state index in [1.807, 2.05) is 94.7 Å². The number of aliphatic hydroxyl groups is 1. The Kier molecular flexibility index (Phi) is 13.1. The van der Waals surface area contributed by atoms with Crippen LogP contribution >= 0.6 is 0 Å². The Morgan fingerprint density at radius 3 is 2.38 bits per heavy atom. The molecule has 0 spiro atoms. The number of hydrazine groups is 1. The van der Waals surface area contributed by atoms with Crippen molar-refractivity contribution in [3.05, 3.63) is 42.9 Å². The quantitative estimate of drug-likeness (QED) is 0.249. The zero-order valence-corrected chi connectivity index (χ0v) is 36.0. The van der Waals surface area contributed by atoms with Crippen molar-refractivity contribution in [3.8, 4) is 11.3 Å². The molecule has 4 aliphatic rings. The summed E-state index contributed by atoms with van der Waals surface area (Å²) >= 11 is 0. The number of aromatic nitrogens is 2. The third-order valence-corrected chi connectivity index (χ3v) is 13.0. The van der Waals surface area contributed by atoms with Crippen LogP contribution in [0.1, 0.15) is 81.1 Å². The van der Waals surface area contributed by atoms with Crippen LogP contribution in [0.5, 0.6) is 0 Å². The molecule has 58 heavy (non-hydrogen) atoms. The Morgan fingerprint density at radius 2 is 1.72 bits per heavy atom. The molecule has 0 aliphatic carbocycles. The summed E-state index contributed by atoms with van der Waals surface area (Å²) in [5.74, 6) is -3.77. The molecule has 0 saturated carbocycles. The molecular weight excluding hydrogens is 745 g/mol. The monoisotopic (exact) mass is 808 g/mol. The maximum Gasteiger partial charge on any atom is 0.431 e. The minimum Gasteiger partial charge on any atom is -0.457 e. The van der Waals surface area contributed by atoms with E-state index in [1.165, 1.54) is 6.92 Å². The molecule has 15 heteroatoms. The number of esters is 1. The molecule has 6 rings (SSSR count). The lowest BCUT2D eigenvalue weighted by Crippen LogP contribution is -2.63.